The first-order valence-electron chi connectivity index (χ1n) is 7.34. The molecule has 0 saturated carbocycles. The van der Waals surface area contributed by atoms with Crippen molar-refractivity contribution in [1.29, 1.82) is 0 Å². The summed E-state index contributed by atoms with van der Waals surface area (Å²) in [6, 6.07) is 7.12. The van der Waals surface area contributed by atoms with Gasteiger partial charge >= 0.3 is 5.97 Å². The molecule has 0 unspecified atom stereocenters. The molecule has 1 aromatic heterocycles. The molecule has 0 aliphatic rings. The minimum atomic E-state index is -1.31. The maximum atomic E-state index is 12.0. The van der Waals surface area contributed by atoms with Crippen LogP contribution in [0.2, 0.25) is 19.6 Å². The second-order valence-corrected chi connectivity index (χ2v) is 12.2. The van der Waals surface area contributed by atoms with Crippen molar-refractivity contribution >= 4 is 14.0 Å². The third-order valence-electron chi connectivity index (χ3n) is 2.77. The minimum absolute atomic E-state index is 0.146. The van der Waals surface area contributed by atoms with Crippen molar-refractivity contribution in [3.8, 4) is 11.4 Å². The molecular weight excluding hydrogens is 296 g/mol. The first kappa shape index (κ1) is 16.3. The van der Waals surface area contributed by atoms with Gasteiger partial charge in [0.25, 0.3) is 0 Å². The number of esters is 1. The number of carbonyl (C=O) groups excluding carboxylic acids is 1. The summed E-state index contributed by atoms with van der Waals surface area (Å²) in [5.74, 6) is 0.184. The smallest absolute Gasteiger partial charge is 0.338 e. The van der Waals surface area contributed by atoms with Gasteiger partial charge in [-0.05, 0) is 31.2 Å². The van der Waals surface area contributed by atoms with E-state index in [2.05, 4.69) is 35.1 Å². The molecular formula is C15H22N4O2Si. The van der Waals surface area contributed by atoms with Crippen LogP contribution in [0.15, 0.2) is 24.3 Å². The summed E-state index contributed by atoms with van der Waals surface area (Å²) in [5.41, 5.74) is 1.26. The Balaban J connectivity index is 2.21. The molecule has 2 aromatic rings. The van der Waals surface area contributed by atoms with Crippen LogP contribution in [0.25, 0.3) is 11.4 Å². The predicted molar refractivity (Wildman–Crippen MR) is 87.2 cm³/mol. The zero-order valence-electron chi connectivity index (χ0n) is 13.7. The van der Waals surface area contributed by atoms with Gasteiger partial charge in [0.15, 0.2) is 0 Å². The Hall–Kier alpha value is -2.02. The van der Waals surface area contributed by atoms with Crippen LogP contribution < -0.4 is 0 Å². The van der Waals surface area contributed by atoms with Gasteiger partial charge in [-0.2, -0.15) is 4.80 Å². The Bertz CT molecular complexity index is 662. The summed E-state index contributed by atoms with van der Waals surface area (Å²) in [6.07, 6.45) is 0.668. The summed E-state index contributed by atoms with van der Waals surface area (Å²) in [5, 5.41) is 12.6. The number of tetrazole rings is 1. The van der Waals surface area contributed by atoms with Crippen molar-refractivity contribution < 1.29 is 9.53 Å². The van der Waals surface area contributed by atoms with E-state index in [0.717, 1.165) is 11.7 Å². The quantitative estimate of drug-likeness (QED) is 0.626. The molecule has 118 valence electrons. The van der Waals surface area contributed by atoms with Crippen molar-refractivity contribution in [2.75, 3.05) is 0 Å². The second-order valence-electron chi connectivity index (χ2n) is 6.74. The fourth-order valence-electron chi connectivity index (χ4n) is 1.92. The summed E-state index contributed by atoms with van der Waals surface area (Å²) in [7, 11) is -1.31. The summed E-state index contributed by atoms with van der Waals surface area (Å²) in [6.45, 7) is 10.4. The molecule has 0 N–H and O–H groups in total. The van der Waals surface area contributed by atoms with E-state index in [1.165, 1.54) is 0 Å². The number of hydrogen-bond donors (Lipinski definition) is 0. The van der Waals surface area contributed by atoms with E-state index in [9.17, 15) is 4.79 Å². The van der Waals surface area contributed by atoms with Crippen LogP contribution in [0.5, 0.6) is 0 Å². The Morgan fingerprint density at radius 1 is 1.32 bits per heavy atom. The Morgan fingerprint density at radius 3 is 2.68 bits per heavy atom. The minimum Gasteiger partial charge on any atom is -0.459 e. The van der Waals surface area contributed by atoms with Crippen molar-refractivity contribution in [3.05, 3.63) is 29.8 Å². The highest BCUT2D eigenvalue weighted by molar-refractivity contribution is 6.74. The maximum Gasteiger partial charge on any atom is 0.338 e. The number of aromatic nitrogens is 4. The average molecular weight is 318 g/mol. The molecule has 0 radical (unpaired) electrons. The first-order chi connectivity index (χ1) is 10.2. The molecule has 1 heterocycles. The van der Waals surface area contributed by atoms with E-state index in [1.54, 1.807) is 23.0 Å². The maximum absolute atomic E-state index is 12.0. The van der Waals surface area contributed by atoms with Gasteiger partial charge in [0.2, 0.25) is 5.82 Å². The van der Waals surface area contributed by atoms with Crippen molar-refractivity contribution in [1.82, 2.24) is 20.2 Å². The molecule has 0 aliphatic heterocycles. The zero-order chi connectivity index (χ0) is 16.3. The van der Waals surface area contributed by atoms with Gasteiger partial charge in [-0.15, -0.1) is 10.2 Å². The van der Waals surface area contributed by atoms with Crippen LogP contribution in [0.1, 0.15) is 24.2 Å². The molecule has 0 atom stereocenters. The standard InChI is InChI=1S/C15H22N4O2Si/c1-11(2)21-15(20)13-8-6-7-12(9-13)14-16-18-19(17-14)10-22(3,4)5/h6-9,11H,10H2,1-5H3. The lowest BCUT2D eigenvalue weighted by Gasteiger charge is -2.13. The SMILES string of the molecule is CC(C)OC(=O)c1cccc(-c2nnn(C[Si](C)(C)C)n2)c1. The molecule has 0 fully saturated rings. The topological polar surface area (TPSA) is 69.9 Å². The highest BCUT2D eigenvalue weighted by Gasteiger charge is 2.17. The number of hydrogen-bond acceptors (Lipinski definition) is 5. The van der Waals surface area contributed by atoms with Crippen LogP contribution in [-0.4, -0.2) is 40.4 Å². The molecule has 6 nitrogen and oxygen atoms in total. The largest absolute Gasteiger partial charge is 0.459 e. The molecule has 7 heteroatoms. The number of carbonyl (C=O) groups is 1. The van der Waals surface area contributed by atoms with Gasteiger partial charge in [0, 0.05) is 5.56 Å². The van der Waals surface area contributed by atoms with Crippen molar-refractivity contribution in [2.45, 2.75) is 45.8 Å². The molecule has 0 amide bonds. The molecule has 0 saturated heterocycles. The van der Waals surface area contributed by atoms with Gasteiger partial charge in [-0.3, -0.25) is 0 Å². The number of nitrogens with zero attached hydrogens (tertiary/aromatic N) is 4. The molecule has 0 spiro atoms. The first-order valence-corrected chi connectivity index (χ1v) is 11.0. The Morgan fingerprint density at radius 2 is 2.05 bits per heavy atom. The van der Waals surface area contributed by atoms with E-state index in [4.69, 9.17) is 4.74 Å². The third kappa shape index (κ3) is 4.49. The van der Waals surface area contributed by atoms with Gasteiger partial charge < -0.3 is 4.74 Å². The lowest BCUT2D eigenvalue weighted by Crippen LogP contribution is -2.29. The third-order valence-corrected chi connectivity index (χ3v) is 4.00. The Kier molecular flexibility index (Phi) is 4.75. The predicted octanol–water partition coefficient (Wildman–Crippen LogP) is 2.78. The van der Waals surface area contributed by atoms with Crippen LogP contribution >= 0.6 is 0 Å². The van der Waals surface area contributed by atoms with E-state index >= 15 is 0 Å². The zero-order valence-corrected chi connectivity index (χ0v) is 14.7. The summed E-state index contributed by atoms with van der Waals surface area (Å²) < 4.78 is 5.20. The lowest BCUT2D eigenvalue weighted by atomic mass is 10.1. The van der Waals surface area contributed by atoms with Gasteiger partial charge in [-0.25, -0.2) is 4.79 Å². The average Bonchev–Trinajstić information content (AvgIpc) is 2.84. The lowest BCUT2D eigenvalue weighted by molar-refractivity contribution is 0.0378. The van der Waals surface area contributed by atoms with E-state index < -0.39 is 8.07 Å². The molecule has 0 bridgehead atoms. The van der Waals surface area contributed by atoms with Crippen molar-refractivity contribution in [3.63, 3.8) is 0 Å². The highest BCUT2D eigenvalue weighted by Crippen LogP contribution is 2.17. The fraction of sp³-hybridized carbons (Fsp3) is 0.467. The second kappa shape index (κ2) is 6.39. The van der Waals surface area contributed by atoms with E-state index in [0.29, 0.717) is 11.4 Å². The van der Waals surface area contributed by atoms with Gasteiger partial charge in [-0.1, -0.05) is 31.8 Å². The summed E-state index contributed by atoms with van der Waals surface area (Å²) >= 11 is 0. The van der Waals surface area contributed by atoms with Crippen LogP contribution in [0.4, 0.5) is 0 Å². The number of rotatable bonds is 5. The van der Waals surface area contributed by atoms with Crippen LogP contribution in [-0.2, 0) is 10.9 Å². The summed E-state index contributed by atoms with van der Waals surface area (Å²) in [4.78, 5) is 13.6. The van der Waals surface area contributed by atoms with Gasteiger partial charge in [0.05, 0.1) is 25.9 Å². The van der Waals surface area contributed by atoms with E-state index in [-0.39, 0.29) is 12.1 Å². The van der Waals surface area contributed by atoms with Crippen molar-refractivity contribution in [2.24, 2.45) is 0 Å². The highest BCUT2D eigenvalue weighted by atomic mass is 28.3. The molecule has 22 heavy (non-hydrogen) atoms. The molecule has 0 aliphatic carbocycles. The van der Waals surface area contributed by atoms with Crippen LogP contribution in [0, 0.1) is 0 Å². The molecule has 2 rings (SSSR count). The van der Waals surface area contributed by atoms with Crippen LogP contribution in [0.3, 0.4) is 0 Å². The monoisotopic (exact) mass is 318 g/mol. The number of ether oxygens (including phenoxy) is 1. The van der Waals surface area contributed by atoms with E-state index in [1.807, 2.05) is 19.9 Å². The normalized spacial score (nSPS) is 11.7. The van der Waals surface area contributed by atoms with Gasteiger partial charge in [0.1, 0.15) is 0 Å². The Labute approximate surface area is 131 Å². The fourth-order valence-corrected chi connectivity index (χ4v) is 2.90. The number of benzene rings is 1. The molecule has 1 aromatic carbocycles.